The van der Waals surface area contributed by atoms with Crippen molar-refractivity contribution >= 4 is 27.6 Å². The summed E-state index contributed by atoms with van der Waals surface area (Å²) in [6.07, 6.45) is 2.48. The van der Waals surface area contributed by atoms with E-state index in [2.05, 4.69) is 33.4 Å². The Balaban J connectivity index is 2.09. The average Bonchev–Trinajstić information content (AvgIpc) is 2.92. The van der Waals surface area contributed by atoms with Crippen LogP contribution in [0.5, 0.6) is 0 Å². The minimum atomic E-state index is 0.311. The summed E-state index contributed by atoms with van der Waals surface area (Å²) in [4.78, 5) is 13.4. The summed E-state index contributed by atoms with van der Waals surface area (Å²) < 4.78 is 2.16. The molecule has 0 aliphatic heterocycles. The van der Waals surface area contributed by atoms with Gasteiger partial charge >= 0.3 is 0 Å². The molecular weight excluding hydrogens is 258 g/mol. The first-order chi connectivity index (χ1) is 9.15. The van der Waals surface area contributed by atoms with Crippen LogP contribution in [0.2, 0.25) is 0 Å². The molecule has 3 rings (SSSR count). The van der Waals surface area contributed by atoms with Crippen LogP contribution < -0.4 is 5.73 Å². The van der Waals surface area contributed by atoms with E-state index in [9.17, 15) is 0 Å². The zero-order valence-electron chi connectivity index (χ0n) is 10.9. The molecule has 3 aromatic rings. The first kappa shape index (κ1) is 12.1. The molecule has 98 valence electrons. The number of imidazole rings is 1. The van der Waals surface area contributed by atoms with Gasteiger partial charge in [-0.2, -0.15) is 0 Å². The van der Waals surface area contributed by atoms with E-state index in [1.165, 1.54) is 11.3 Å². The maximum absolute atomic E-state index is 5.67. The molecule has 0 bridgehead atoms. The minimum Gasteiger partial charge on any atom is -0.375 e. The number of hydrogen-bond acceptors (Lipinski definition) is 5. The van der Waals surface area contributed by atoms with Crippen LogP contribution in [0.4, 0.5) is 5.13 Å². The fraction of sp³-hybridized carbons (Fsp3) is 0.308. The lowest BCUT2D eigenvalue weighted by Crippen LogP contribution is -2.07. The Hall–Kier alpha value is -1.95. The molecule has 2 N–H and O–H groups in total. The third-order valence-corrected chi connectivity index (χ3v) is 3.67. The zero-order valence-corrected chi connectivity index (χ0v) is 11.7. The lowest BCUT2D eigenvalue weighted by molar-refractivity contribution is 0.586. The van der Waals surface area contributed by atoms with Gasteiger partial charge in [0.2, 0.25) is 0 Å². The van der Waals surface area contributed by atoms with Gasteiger partial charge in [0.1, 0.15) is 11.3 Å². The van der Waals surface area contributed by atoms with Crippen molar-refractivity contribution in [2.24, 2.45) is 0 Å². The van der Waals surface area contributed by atoms with Crippen LogP contribution in [-0.4, -0.2) is 19.5 Å². The summed E-state index contributed by atoms with van der Waals surface area (Å²) in [5, 5.41) is 2.58. The highest BCUT2D eigenvalue weighted by atomic mass is 32.1. The highest BCUT2D eigenvalue weighted by Gasteiger charge is 2.15. The molecule has 0 aromatic carbocycles. The first-order valence-corrected chi connectivity index (χ1v) is 7.05. The van der Waals surface area contributed by atoms with Crippen molar-refractivity contribution in [3.05, 3.63) is 35.2 Å². The van der Waals surface area contributed by atoms with E-state index in [1.54, 1.807) is 6.20 Å². The number of hydrogen-bond donors (Lipinski definition) is 1. The normalized spacial score (nSPS) is 11.5. The summed E-state index contributed by atoms with van der Waals surface area (Å²) in [5.41, 5.74) is 8.48. The predicted octanol–water partition coefficient (Wildman–Crippen LogP) is 2.64. The summed E-state index contributed by atoms with van der Waals surface area (Å²) in [6, 6.07) is 4.20. The molecule has 5 nitrogen and oxygen atoms in total. The van der Waals surface area contributed by atoms with Crippen molar-refractivity contribution in [3.63, 3.8) is 0 Å². The van der Waals surface area contributed by atoms with Crippen molar-refractivity contribution < 1.29 is 0 Å². The second-order valence-corrected chi connectivity index (χ2v) is 5.58. The highest BCUT2D eigenvalue weighted by molar-refractivity contribution is 7.13. The van der Waals surface area contributed by atoms with Crippen molar-refractivity contribution in [1.29, 1.82) is 0 Å². The molecule has 0 amide bonds. The molecule has 19 heavy (non-hydrogen) atoms. The number of nitrogens with zero attached hydrogens (tertiary/aromatic N) is 4. The van der Waals surface area contributed by atoms with Crippen LogP contribution >= 0.6 is 11.3 Å². The Kier molecular flexibility index (Phi) is 2.94. The second-order valence-electron chi connectivity index (χ2n) is 4.69. The molecule has 0 atom stereocenters. The van der Waals surface area contributed by atoms with Crippen molar-refractivity contribution in [2.75, 3.05) is 5.73 Å². The number of aromatic nitrogens is 4. The van der Waals surface area contributed by atoms with Gasteiger partial charge in [-0.05, 0) is 26.0 Å². The largest absolute Gasteiger partial charge is 0.375 e. The molecule has 3 aromatic heterocycles. The molecule has 0 unspecified atom stereocenters. The van der Waals surface area contributed by atoms with Gasteiger partial charge in [-0.15, -0.1) is 11.3 Å². The minimum absolute atomic E-state index is 0.311. The van der Waals surface area contributed by atoms with Gasteiger partial charge in [0.25, 0.3) is 0 Å². The fourth-order valence-corrected chi connectivity index (χ4v) is 2.77. The van der Waals surface area contributed by atoms with Crippen LogP contribution in [0, 0.1) is 0 Å². The van der Waals surface area contributed by atoms with Crippen LogP contribution in [0.1, 0.15) is 31.4 Å². The van der Waals surface area contributed by atoms with Gasteiger partial charge in [0, 0.05) is 24.0 Å². The van der Waals surface area contributed by atoms with E-state index in [0.717, 1.165) is 22.7 Å². The van der Waals surface area contributed by atoms with Gasteiger partial charge in [0.15, 0.2) is 10.8 Å². The van der Waals surface area contributed by atoms with E-state index in [4.69, 9.17) is 5.73 Å². The Labute approximate surface area is 115 Å². The van der Waals surface area contributed by atoms with Crippen molar-refractivity contribution in [1.82, 2.24) is 19.5 Å². The standard InChI is InChI=1S/C13H15N5S/c1-8(2)18-11(6-9-7-19-13(14)16-9)17-10-4-3-5-15-12(10)18/h3-5,7-8H,6H2,1-2H3,(H2,14,16). The summed E-state index contributed by atoms with van der Waals surface area (Å²) in [5.74, 6) is 0.981. The quantitative estimate of drug-likeness (QED) is 0.796. The lowest BCUT2D eigenvalue weighted by Gasteiger charge is -2.11. The SMILES string of the molecule is CC(C)n1c(Cc2csc(N)n2)nc2cccnc21. The lowest BCUT2D eigenvalue weighted by atomic mass is 10.3. The number of nitrogens with two attached hydrogens (primary N) is 1. The van der Waals surface area contributed by atoms with Crippen molar-refractivity contribution in [2.45, 2.75) is 26.3 Å². The number of fused-ring (bicyclic) bond motifs is 1. The number of thiazole rings is 1. The van der Waals surface area contributed by atoms with E-state index in [1.807, 2.05) is 17.5 Å². The molecular formula is C13H15N5S. The van der Waals surface area contributed by atoms with E-state index < -0.39 is 0 Å². The van der Waals surface area contributed by atoms with Gasteiger partial charge in [-0.25, -0.2) is 15.0 Å². The zero-order chi connectivity index (χ0) is 13.4. The van der Waals surface area contributed by atoms with Crippen molar-refractivity contribution in [3.8, 4) is 0 Å². The molecule has 0 spiro atoms. The fourth-order valence-electron chi connectivity index (χ4n) is 2.21. The summed E-state index contributed by atoms with van der Waals surface area (Å²) in [7, 11) is 0. The summed E-state index contributed by atoms with van der Waals surface area (Å²) >= 11 is 1.46. The third kappa shape index (κ3) is 2.19. The molecule has 0 saturated heterocycles. The molecule has 0 fully saturated rings. The van der Waals surface area contributed by atoms with Gasteiger partial charge < -0.3 is 10.3 Å². The Morgan fingerprint density at radius 1 is 1.37 bits per heavy atom. The Bertz CT molecular complexity index is 713. The Morgan fingerprint density at radius 3 is 2.89 bits per heavy atom. The van der Waals surface area contributed by atoms with Gasteiger partial charge in [-0.1, -0.05) is 0 Å². The predicted molar refractivity (Wildman–Crippen MR) is 77.2 cm³/mol. The molecule has 3 heterocycles. The third-order valence-electron chi connectivity index (χ3n) is 2.95. The molecule has 0 saturated carbocycles. The van der Waals surface area contributed by atoms with E-state index in [0.29, 0.717) is 17.6 Å². The number of anilines is 1. The monoisotopic (exact) mass is 273 g/mol. The van der Waals surface area contributed by atoms with E-state index in [-0.39, 0.29) is 0 Å². The molecule has 0 radical (unpaired) electrons. The Morgan fingerprint density at radius 2 is 2.21 bits per heavy atom. The second kappa shape index (κ2) is 4.62. The first-order valence-electron chi connectivity index (χ1n) is 6.17. The summed E-state index contributed by atoms with van der Waals surface area (Å²) in [6.45, 7) is 4.27. The van der Waals surface area contributed by atoms with Gasteiger partial charge in [0.05, 0.1) is 5.69 Å². The number of rotatable bonds is 3. The highest BCUT2D eigenvalue weighted by Crippen LogP contribution is 2.22. The van der Waals surface area contributed by atoms with Crippen LogP contribution in [-0.2, 0) is 6.42 Å². The molecule has 0 aliphatic carbocycles. The maximum Gasteiger partial charge on any atom is 0.180 e. The topological polar surface area (TPSA) is 69.6 Å². The maximum atomic E-state index is 5.67. The van der Waals surface area contributed by atoms with Crippen LogP contribution in [0.3, 0.4) is 0 Å². The average molecular weight is 273 g/mol. The van der Waals surface area contributed by atoms with Crippen LogP contribution in [0.15, 0.2) is 23.7 Å². The van der Waals surface area contributed by atoms with Crippen LogP contribution in [0.25, 0.3) is 11.2 Å². The number of nitrogen functional groups attached to an aromatic ring is 1. The van der Waals surface area contributed by atoms with E-state index >= 15 is 0 Å². The van der Waals surface area contributed by atoms with Gasteiger partial charge in [-0.3, -0.25) is 0 Å². The number of pyridine rings is 1. The molecule has 0 aliphatic rings. The smallest absolute Gasteiger partial charge is 0.180 e. The molecule has 6 heteroatoms.